The number of fused-ring (bicyclic) bond motifs is 1. The fraction of sp³-hybridized carbons (Fsp3) is 0.385. The number of benzene rings is 1. The molecule has 2 N–H and O–H groups in total. The summed E-state index contributed by atoms with van der Waals surface area (Å²) < 4.78 is 6.62. The molecule has 19 heavy (non-hydrogen) atoms. The van der Waals surface area contributed by atoms with Gasteiger partial charge in [-0.05, 0) is 18.2 Å². The van der Waals surface area contributed by atoms with Crippen LogP contribution in [0.4, 0.5) is 0 Å². The molecule has 1 aromatic carbocycles. The van der Waals surface area contributed by atoms with E-state index in [1.165, 1.54) is 10.9 Å². The number of β-amino-alcohol motifs (C(OH)–C–C–N with tert-alkyl or cyclic N) is 1. The summed E-state index contributed by atoms with van der Waals surface area (Å²) in [5, 5.41) is 13.4. The number of hydrogen-bond acceptors (Lipinski definition) is 5. The van der Waals surface area contributed by atoms with Crippen LogP contribution in [0.5, 0.6) is 5.75 Å². The number of aromatic nitrogens is 2. The van der Waals surface area contributed by atoms with E-state index in [2.05, 4.69) is 10.3 Å². The molecular weight excluding hydrogens is 246 g/mol. The van der Waals surface area contributed by atoms with Gasteiger partial charge in [-0.3, -0.25) is 9.36 Å². The SMILES string of the molecule is COc1ccc2ncn([C@@H]3CNC[C@H]3O)c(=O)c2c1. The highest BCUT2D eigenvalue weighted by atomic mass is 16.5. The van der Waals surface area contributed by atoms with E-state index < -0.39 is 6.10 Å². The van der Waals surface area contributed by atoms with Gasteiger partial charge in [-0.15, -0.1) is 0 Å². The Morgan fingerprint density at radius 1 is 1.47 bits per heavy atom. The molecule has 3 rings (SSSR count). The maximum atomic E-state index is 12.5. The summed E-state index contributed by atoms with van der Waals surface area (Å²) in [4.78, 5) is 16.7. The minimum Gasteiger partial charge on any atom is -0.497 e. The monoisotopic (exact) mass is 261 g/mol. The third kappa shape index (κ3) is 1.98. The lowest BCUT2D eigenvalue weighted by Gasteiger charge is -2.16. The zero-order chi connectivity index (χ0) is 13.4. The Labute approximate surface area is 109 Å². The molecule has 2 aromatic rings. The van der Waals surface area contributed by atoms with Crippen LogP contribution in [0.3, 0.4) is 0 Å². The van der Waals surface area contributed by atoms with Crippen molar-refractivity contribution in [1.29, 1.82) is 0 Å². The molecule has 0 spiro atoms. The number of rotatable bonds is 2. The number of nitrogens with one attached hydrogen (secondary N) is 1. The molecule has 0 amide bonds. The number of nitrogens with zero attached hydrogens (tertiary/aromatic N) is 2. The summed E-state index contributed by atoms with van der Waals surface area (Å²) in [6.07, 6.45) is 0.931. The average molecular weight is 261 g/mol. The number of aliphatic hydroxyl groups excluding tert-OH is 1. The zero-order valence-corrected chi connectivity index (χ0v) is 10.5. The molecule has 1 aromatic heterocycles. The van der Waals surface area contributed by atoms with Gasteiger partial charge in [-0.2, -0.15) is 0 Å². The van der Waals surface area contributed by atoms with E-state index >= 15 is 0 Å². The van der Waals surface area contributed by atoms with Gasteiger partial charge in [0.25, 0.3) is 5.56 Å². The summed E-state index contributed by atoms with van der Waals surface area (Å²) in [6, 6.07) is 4.93. The summed E-state index contributed by atoms with van der Waals surface area (Å²) in [6.45, 7) is 1.06. The van der Waals surface area contributed by atoms with Crippen LogP contribution in [0.15, 0.2) is 29.3 Å². The first-order valence-corrected chi connectivity index (χ1v) is 6.14. The van der Waals surface area contributed by atoms with Gasteiger partial charge in [-0.25, -0.2) is 4.98 Å². The lowest BCUT2D eigenvalue weighted by Crippen LogP contribution is -2.31. The van der Waals surface area contributed by atoms with Crippen molar-refractivity contribution in [2.75, 3.05) is 20.2 Å². The second-order valence-corrected chi connectivity index (χ2v) is 4.63. The first kappa shape index (κ1) is 12.1. The lowest BCUT2D eigenvalue weighted by molar-refractivity contribution is 0.149. The van der Waals surface area contributed by atoms with Gasteiger partial charge in [0, 0.05) is 13.1 Å². The van der Waals surface area contributed by atoms with Crippen molar-refractivity contribution in [3.05, 3.63) is 34.9 Å². The molecule has 1 saturated heterocycles. The average Bonchev–Trinajstić information content (AvgIpc) is 2.85. The van der Waals surface area contributed by atoms with Crippen LogP contribution in [0.1, 0.15) is 6.04 Å². The van der Waals surface area contributed by atoms with Gasteiger partial charge in [0.15, 0.2) is 0 Å². The highest BCUT2D eigenvalue weighted by molar-refractivity contribution is 5.78. The van der Waals surface area contributed by atoms with Crippen molar-refractivity contribution in [3.63, 3.8) is 0 Å². The van der Waals surface area contributed by atoms with Crippen molar-refractivity contribution in [1.82, 2.24) is 14.9 Å². The van der Waals surface area contributed by atoms with E-state index in [1.807, 2.05) is 0 Å². The summed E-state index contributed by atoms with van der Waals surface area (Å²) in [5.41, 5.74) is 0.471. The fourth-order valence-corrected chi connectivity index (χ4v) is 2.41. The number of ether oxygens (including phenoxy) is 1. The van der Waals surface area contributed by atoms with Gasteiger partial charge >= 0.3 is 0 Å². The summed E-state index contributed by atoms with van der Waals surface area (Å²) in [5.74, 6) is 0.620. The van der Waals surface area contributed by atoms with Gasteiger partial charge in [0.2, 0.25) is 0 Å². The van der Waals surface area contributed by atoms with Crippen molar-refractivity contribution < 1.29 is 9.84 Å². The van der Waals surface area contributed by atoms with E-state index in [0.717, 1.165) is 0 Å². The Morgan fingerprint density at radius 3 is 3.00 bits per heavy atom. The molecule has 6 nitrogen and oxygen atoms in total. The van der Waals surface area contributed by atoms with Crippen LogP contribution in [0.2, 0.25) is 0 Å². The Hall–Kier alpha value is -1.92. The molecular formula is C13H15N3O3. The molecule has 1 aliphatic rings. The minimum absolute atomic E-state index is 0.156. The van der Waals surface area contributed by atoms with E-state index in [9.17, 15) is 9.90 Å². The molecule has 100 valence electrons. The Balaban J connectivity index is 2.16. The Bertz CT molecular complexity index is 668. The fourth-order valence-electron chi connectivity index (χ4n) is 2.41. The van der Waals surface area contributed by atoms with E-state index in [1.54, 1.807) is 25.3 Å². The smallest absolute Gasteiger partial charge is 0.261 e. The highest BCUT2D eigenvalue weighted by Gasteiger charge is 2.27. The van der Waals surface area contributed by atoms with Crippen molar-refractivity contribution >= 4 is 10.9 Å². The molecule has 0 radical (unpaired) electrons. The van der Waals surface area contributed by atoms with Crippen molar-refractivity contribution in [3.8, 4) is 5.75 Å². The molecule has 0 saturated carbocycles. The van der Waals surface area contributed by atoms with Crippen LogP contribution in [-0.2, 0) is 0 Å². The molecule has 1 aliphatic heterocycles. The van der Waals surface area contributed by atoms with E-state index in [-0.39, 0.29) is 11.6 Å². The quantitative estimate of drug-likeness (QED) is 0.790. The Kier molecular flexibility index (Phi) is 2.96. The largest absolute Gasteiger partial charge is 0.497 e. The third-order valence-corrected chi connectivity index (χ3v) is 3.50. The van der Waals surface area contributed by atoms with Gasteiger partial charge in [0.1, 0.15) is 5.75 Å². The number of aliphatic hydroxyl groups is 1. The maximum Gasteiger partial charge on any atom is 0.261 e. The minimum atomic E-state index is -0.567. The van der Waals surface area contributed by atoms with Crippen LogP contribution < -0.4 is 15.6 Å². The maximum absolute atomic E-state index is 12.5. The first-order chi connectivity index (χ1) is 9.20. The number of hydrogen-bond donors (Lipinski definition) is 2. The molecule has 0 unspecified atom stereocenters. The van der Waals surface area contributed by atoms with E-state index in [4.69, 9.17) is 4.74 Å². The highest BCUT2D eigenvalue weighted by Crippen LogP contribution is 2.18. The van der Waals surface area contributed by atoms with Gasteiger partial charge in [-0.1, -0.05) is 0 Å². The van der Waals surface area contributed by atoms with Crippen LogP contribution >= 0.6 is 0 Å². The molecule has 2 atom stereocenters. The second kappa shape index (κ2) is 4.64. The topological polar surface area (TPSA) is 76.4 Å². The van der Waals surface area contributed by atoms with Crippen molar-refractivity contribution in [2.24, 2.45) is 0 Å². The normalized spacial score (nSPS) is 22.8. The molecule has 6 heteroatoms. The summed E-state index contributed by atoms with van der Waals surface area (Å²) in [7, 11) is 1.56. The lowest BCUT2D eigenvalue weighted by atomic mass is 10.2. The molecule has 0 bridgehead atoms. The second-order valence-electron chi connectivity index (χ2n) is 4.63. The molecule has 1 fully saturated rings. The Morgan fingerprint density at radius 2 is 2.32 bits per heavy atom. The van der Waals surface area contributed by atoms with Gasteiger partial charge in [0.05, 0.1) is 36.5 Å². The molecule has 0 aliphatic carbocycles. The summed E-state index contributed by atoms with van der Waals surface area (Å²) >= 11 is 0. The zero-order valence-electron chi connectivity index (χ0n) is 10.5. The van der Waals surface area contributed by atoms with Gasteiger partial charge < -0.3 is 15.2 Å². The predicted octanol–water partition coefficient (Wildman–Crippen LogP) is -0.0897. The predicted molar refractivity (Wildman–Crippen MR) is 70.5 cm³/mol. The third-order valence-electron chi connectivity index (χ3n) is 3.50. The first-order valence-electron chi connectivity index (χ1n) is 6.14. The van der Waals surface area contributed by atoms with Crippen LogP contribution in [0.25, 0.3) is 10.9 Å². The molecule has 2 heterocycles. The van der Waals surface area contributed by atoms with Crippen molar-refractivity contribution in [2.45, 2.75) is 12.1 Å². The standard InChI is InChI=1S/C13H15N3O3/c1-19-8-2-3-10-9(4-8)13(18)16(7-15-10)11-5-14-6-12(11)17/h2-4,7,11-12,14,17H,5-6H2,1H3/t11-,12-/m1/s1. The number of methoxy groups -OCH3 is 1. The van der Waals surface area contributed by atoms with Crippen LogP contribution in [0, 0.1) is 0 Å². The van der Waals surface area contributed by atoms with Crippen LogP contribution in [-0.4, -0.2) is 41.0 Å². The van der Waals surface area contributed by atoms with E-state index in [0.29, 0.717) is 29.7 Å².